The standard InChI is InChI=1S/C13H18BrN3O/c1-10(14)13(18)16-11-5-8-17(9-6-11)12-4-2-3-7-15-12/h2-4,7,10-11H,5-6,8-9H2,1H3,(H,16,18). The number of carbonyl (C=O) groups excluding carboxylic acids is 1. The molecule has 0 aliphatic carbocycles. The van der Waals surface area contributed by atoms with Crippen LogP contribution in [-0.4, -0.2) is 34.8 Å². The summed E-state index contributed by atoms with van der Waals surface area (Å²) in [4.78, 5) is 18.1. The highest BCUT2D eigenvalue weighted by Gasteiger charge is 2.22. The van der Waals surface area contributed by atoms with Gasteiger partial charge < -0.3 is 10.2 Å². The van der Waals surface area contributed by atoms with Gasteiger partial charge in [0.15, 0.2) is 0 Å². The van der Waals surface area contributed by atoms with Gasteiger partial charge in [-0.15, -0.1) is 0 Å². The van der Waals surface area contributed by atoms with E-state index >= 15 is 0 Å². The minimum atomic E-state index is -0.119. The summed E-state index contributed by atoms with van der Waals surface area (Å²) in [5, 5.41) is 3.06. The lowest BCUT2D eigenvalue weighted by Gasteiger charge is -2.33. The number of pyridine rings is 1. The Hall–Kier alpha value is -1.10. The van der Waals surface area contributed by atoms with Crippen LogP contribution in [0.4, 0.5) is 5.82 Å². The van der Waals surface area contributed by atoms with E-state index in [-0.39, 0.29) is 16.8 Å². The van der Waals surface area contributed by atoms with Crippen molar-refractivity contribution < 1.29 is 4.79 Å². The van der Waals surface area contributed by atoms with Crippen molar-refractivity contribution in [3.8, 4) is 0 Å². The first-order chi connectivity index (χ1) is 8.66. The lowest BCUT2D eigenvalue weighted by molar-refractivity contribution is -0.121. The molecule has 2 rings (SSSR count). The van der Waals surface area contributed by atoms with Gasteiger partial charge in [-0.25, -0.2) is 4.98 Å². The van der Waals surface area contributed by atoms with Crippen LogP contribution in [0.5, 0.6) is 0 Å². The van der Waals surface area contributed by atoms with E-state index < -0.39 is 0 Å². The number of alkyl halides is 1. The Balaban J connectivity index is 1.83. The van der Waals surface area contributed by atoms with Crippen LogP contribution in [0.25, 0.3) is 0 Å². The Morgan fingerprint density at radius 2 is 2.22 bits per heavy atom. The van der Waals surface area contributed by atoms with Crippen molar-refractivity contribution in [2.75, 3.05) is 18.0 Å². The Labute approximate surface area is 116 Å². The molecule has 5 heteroatoms. The highest BCUT2D eigenvalue weighted by atomic mass is 79.9. The molecule has 4 nitrogen and oxygen atoms in total. The molecule has 0 saturated carbocycles. The first-order valence-corrected chi connectivity index (χ1v) is 7.19. The zero-order chi connectivity index (χ0) is 13.0. The van der Waals surface area contributed by atoms with E-state index in [2.05, 4.69) is 31.1 Å². The molecule has 1 amide bonds. The van der Waals surface area contributed by atoms with Gasteiger partial charge in [0.2, 0.25) is 5.91 Å². The molecule has 1 aromatic rings. The maximum absolute atomic E-state index is 11.6. The van der Waals surface area contributed by atoms with Crippen molar-refractivity contribution in [3.05, 3.63) is 24.4 Å². The van der Waals surface area contributed by atoms with Crippen LogP contribution in [-0.2, 0) is 4.79 Å². The van der Waals surface area contributed by atoms with Crippen LogP contribution >= 0.6 is 15.9 Å². The Morgan fingerprint density at radius 1 is 1.50 bits per heavy atom. The number of hydrogen-bond acceptors (Lipinski definition) is 3. The fourth-order valence-corrected chi connectivity index (χ4v) is 2.24. The third kappa shape index (κ3) is 3.45. The average Bonchev–Trinajstić information content (AvgIpc) is 2.40. The Bertz CT molecular complexity index is 388. The smallest absolute Gasteiger partial charge is 0.233 e. The second-order valence-corrected chi connectivity index (χ2v) is 5.95. The lowest BCUT2D eigenvalue weighted by atomic mass is 10.0. The van der Waals surface area contributed by atoms with Gasteiger partial charge in [-0.3, -0.25) is 4.79 Å². The number of halogens is 1. The van der Waals surface area contributed by atoms with E-state index in [1.807, 2.05) is 31.3 Å². The topological polar surface area (TPSA) is 45.2 Å². The molecule has 0 radical (unpaired) electrons. The first kappa shape index (κ1) is 13.3. The zero-order valence-electron chi connectivity index (χ0n) is 10.5. The molecular formula is C13H18BrN3O. The van der Waals surface area contributed by atoms with E-state index in [0.29, 0.717) is 0 Å². The molecule has 0 bridgehead atoms. The van der Waals surface area contributed by atoms with Crippen molar-refractivity contribution >= 4 is 27.7 Å². The third-order valence-electron chi connectivity index (χ3n) is 3.18. The molecular weight excluding hydrogens is 294 g/mol. The van der Waals surface area contributed by atoms with Crippen molar-refractivity contribution in [1.29, 1.82) is 0 Å². The molecule has 1 fully saturated rings. The summed E-state index contributed by atoms with van der Waals surface area (Å²) in [5.74, 6) is 1.10. The predicted molar refractivity (Wildman–Crippen MR) is 76.0 cm³/mol. The van der Waals surface area contributed by atoms with Crippen molar-refractivity contribution in [3.63, 3.8) is 0 Å². The number of aromatic nitrogens is 1. The van der Waals surface area contributed by atoms with Crippen LogP contribution in [0, 0.1) is 0 Å². The van der Waals surface area contributed by atoms with Gasteiger partial charge in [0.1, 0.15) is 5.82 Å². The van der Waals surface area contributed by atoms with Gasteiger partial charge in [-0.05, 0) is 31.9 Å². The lowest BCUT2D eigenvalue weighted by Crippen LogP contribution is -2.46. The van der Waals surface area contributed by atoms with Gasteiger partial charge in [0.05, 0.1) is 4.83 Å². The molecule has 98 valence electrons. The fourth-order valence-electron chi connectivity index (χ4n) is 2.11. The van der Waals surface area contributed by atoms with Gasteiger partial charge in [0.25, 0.3) is 0 Å². The summed E-state index contributed by atoms with van der Waals surface area (Å²) in [5.41, 5.74) is 0. The molecule has 18 heavy (non-hydrogen) atoms. The number of rotatable bonds is 3. The molecule has 1 aliphatic heterocycles. The Morgan fingerprint density at radius 3 is 2.78 bits per heavy atom. The number of amides is 1. The monoisotopic (exact) mass is 311 g/mol. The SMILES string of the molecule is CC(Br)C(=O)NC1CCN(c2ccccn2)CC1. The van der Waals surface area contributed by atoms with Crippen LogP contribution in [0.1, 0.15) is 19.8 Å². The minimum Gasteiger partial charge on any atom is -0.356 e. The van der Waals surface area contributed by atoms with Gasteiger partial charge in [0, 0.05) is 25.3 Å². The van der Waals surface area contributed by atoms with Gasteiger partial charge in [-0.2, -0.15) is 0 Å². The second-order valence-electron chi connectivity index (χ2n) is 4.57. The van der Waals surface area contributed by atoms with E-state index in [1.54, 1.807) is 0 Å². The number of hydrogen-bond donors (Lipinski definition) is 1. The van der Waals surface area contributed by atoms with E-state index in [1.165, 1.54) is 0 Å². The highest BCUT2D eigenvalue weighted by molar-refractivity contribution is 9.10. The molecule has 2 heterocycles. The summed E-state index contributed by atoms with van der Waals surface area (Å²) in [6, 6.07) is 6.24. The maximum atomic E-state index is 11.6. The van der Waals surface area contributed by atoms with Crippen LogP contribution in [0.3, 0.4) is 0 Å². The fraction of sp³-hybridized carbons (Fsp3) is 0.538. The second kappa shape index (κ2) is 6.18. The van der Waals surface area contributed by atoms with Crippen LogP contribution in [0.15, 0.2) is 24.4 Å². The number of nitrogens with zero attached hydrogens (tertiary/aromatic N) is 2. The predicted octanol–water partition coefficient (Wildman–Crippen LogP) is 1.95. The number of piperidine rings is 1. The van der Waals surface area contributed by atoms with E-state index in [9.17, 15) is 4.79 Å². The quantitative estimate of drug-likeness (QED) is 0.868. The molecule has 1 unspecified atom stereocenters. The van der Waals surface area contributed by atoms with Crippen molar-refractivity contribution in [1.82, 2.24) is 10.3 Å². The van der Waals surface area contributed by atoms with Gasteiger partial charge in [-0.1, -0.05) is 22.0 Å². The largest absolute Gasteiger partial charge is 0.356 e. The molecule has 1 atom stereocenters. The summed E-state index contributed by atoms with van der Waals surface area (Å²) in [6.45, 7) is 3.73. The molecule has 1 saturated heterocycles. The average molecular weight is 312 g/mol. The summed E-state index contributed by atoms with van der Waals surface area (Å²) >= 11 is 3.28. The zero-order valence-corrected chi connectivity index (χ0v) is 12.1. The maximum Gasteiger partial charge on any atom is 0.233 e. The minimum absolute atomic E-state index is 0.0753. The molecule has 1 aromatic heterocycles. The van der Waals surface area contributed by atoms with E-state index in [4.69, 9.17) is 0 Å². The third-order valence-corrected chi connectivity index (χ3v) is 3.59. The first-order valence-electron chi connectivity index (χ1n) is 6.27. The molecule has 0 aromatic carbocycles. The molecule has 0 spiro atoms. The normalized spacial score (nSPS) is 18.4. The van der Waals surface area contributed by atoms with Crippen molar-refractivity contribution in [2.45, 2.75) is 30.6 Å². The summed E-state index contributed by atoms with van der Waals surface area (Å²) < 4.78 is 0. The number of nitrogens with one attached hydrogen (secondary N) is 1. The van der Waals surface area contributed by atoms with Crippen LogP contribution in [0.2, 0.25) is 0 Å². The molecule has 1 N–H and O–H groups in total. The number of anilines is 1. The highest BCUT2D eigenvalue weighted by Crippen LogP contribution is 2.17. The Kier molecular flexibility index (Phi) is 4.58. The molecule has 1 aliphatic rings. The van der Waals surface area contributed by atoms with Gasteiger partial charge >= 0.3 is 0 Å². The number of carbonyl (C=O) groups is 1. The van der Waals surface area contributed by atoms with E-state index in [0.717, 1.165) is 31.7 Å². The van der Waals surface area contributed by atoms with Crippen molar-refractivity contribution in [2.24, 2.45) is 0 Å². The summed E-state index contributed by atoms with van der Waals surface area (Å²) in [7, 11) is 0. The van der Waals surface area contributed by atoms with Crippen LogP contribution < -0.4 is 10.2 Å². The summed E-state index contributed by atoms with van der Waals surface area (Å²) in [6.07, 6.45) is 3.76.